The molecule has 0 aliphatic heterocycles. The van der Waals surface area contributed by atoms with Gasteiger partial charge in [0.25, 0.3) is 5.91 Å². The summed E-state index contributed by atoms with van der Waals surface area (Å²) in [6.45, 7) is 6.07. The molecule has 4 rings (SSSR count). The summed E-state index contributed by atoms with van der Waals surface area (Å²) in [4.78, 5) is 44.7. The van der Waals surface area contributed by atoms with Gasteiger partial charge in [-0.1, -0.05) is 36.4 Å². The number of hydrogen-bond donors (Lipinski definition) is 0. The minimum absolute atomic E-state index is 0.115. The van der Waals surface area contributed by atoms with Crippen LogP contribution in [0.2, 0.25) is 0 Å². The van der Waals surface area contributed by atoms with E-state index in [2.05, 4.69) is 4.98 Å². The van der Waals surface area contributed by atoms with Crippen LogP contribution >= 0.6 is 0 Å². The summed E-state index contributed by atoms with van der Waals surface area (Å²) < 4.78 is 7.03. The highest BCUT2D eigenvalue weighted by atomic mass is 16.5. The van der Waals surface area contributed by atoms with Crippen molar-refractivity contribution in [2.75, 3.05) is 18.1 Å². The largest absolute Gasteiger partial charge is 0.452 e. The first kappa shape index (κ1) is 22.2. The van der Waals surface area contributed by atoms with Crippen LogP contribution in [0.15, 0.2) is 65.6 Å². The van der Waals surface area contributed by atoms with E-state index in [1.54, 1.807) is 21.6 Å². The van der Waals surface area contributed by atoms with Crippen LogP contribution in [0.4, 0.5) is 5.69 Å². The van der Waals surface area contributed by atoms with Gasteiger partial charge >= 0.3 is 5.97 Å². The average molecular weight is 444 g/mol. The lowest BCUT2D eigenvalue weighted by molar-refractivity contribution is -0.121. The summed E-state index contributed by atoms with van der Waals surface area (Å²) in [5.74, 6) is -1.19. The fraction of sp³-hybridized carbons (Fsp3) is 0.231. The number of esters is 1. The molecule has 4 aromatic rings. The lowest BCUT2D eigenvalue weighted by Gasteiger charge is -2.22. The van der Waals surface area contributed by atoms with Crippen LogP contribution in [0.25, 0.3) is 21.8 Å². The van der Waals surface area contributed by atoms with E-state index in [0.717, 1.165) is 22.2 Å². The van der Waals surface area contributed by atoms with E-state index >= 15 is 0 Å². The fourth-order valence-electron chi connectivity index (χ4n) is 3.95. The van der Waals surface area contributed by atoms with Crippen molar-refractivity contribution >= 4 is 39.4 Å². The number of hydrogen-bond acceptors (Lipinski definition) is 5. The molecule has 0 N–H and O–H groups in total. The molecule has 2 heterocycles. The molecule has 2 aromatic carbocycles. The Balaban J connectivity index is 1.59. The number of rotatable bonds is 6. The first-order chi connectivity index (χ1) is 15.9. The zero-order valence-electron chi connectivity index (χ0n) is 18.9. The van der Waals surface area contributed by atoms with Crippen molar-refractivity contribution in [3.8, 4) is 0 Å². The monoisotopic (exact) mass is 443 g/mol. The fourth-order valence-corrected chi connectivity index (χ4v) is 3.95. The molecule has 168 valence electrons. The van der Waals surface area contributed by atoms with Gasteiger partial charge in [-0.05, 0) is 44.4 Å². The molecular formula is C26H25N3O4. The highest BCUT2D eigenvalue weighted by Gasteiger charge is 2.21. The molecule has 2 aromatic heterocycles. The van der Waals surface area contributed by atoms with Gasteiger partial charge in [-0.2, -0.15) is 0 Å². The first-order valence-corrected chi connectivity index (χ1v) is 10.9. The molecule has 0 atom stereocenters. The number of benzene rings is 2. The Morgan fingerprint density at radius 3 is 2.52 bits per heavy atom. The molecule has 0 bridgehead atoms. The van der Waals surface area contributed by atoms with Gasteiger partial charge in [0.05, 0.1) is 11.1 Å². The van der Waals surface area contributed by atoms with Gasteiger partial charge in [-0.15, -0.1) is 0 Å². The van der Waals surface area contributed by atoms with Crippen molar-refractivity contribution in [2.24, 2.45) is 0 Å². The highest BCUT2D eigenvalue weighted by molar-refractivity contribution is 6.05. The van der Waals surface area contributed by atoms with Gasteiger partial charge in [-0.3, -0.25) is 9.59 Å². The standard InChI is InChI=1S/C26H25N3O4/c1-4-28-15-21(24(31)20-14-13-17(3)27-25(20)28)26(32)33-16-23(30)29(5-2)22-12-8-10-18-9-6-7-11-19(18)22/h6-15H,4-5,16H2,1-3H3. The van der Waals surface area contributed by atoms with Crippen LogP contribution in [0.3, 0.4) is 0 Å². The lowest BCUT2D eigenvalue weighted by atomic mass is 10.1. The summed E-state index contributed by atoms with van der Waals surface area (Å²) in [6, 6.07) is 16.9. The van der Waals surface area contributed by atoms with Crippen molar-refractivity contribution in [3.05, 3.63) is 82.3 Å². The molecular weight excluding hydrogens is 418 g/mol. The number of likely N-dealkylation sites (N-methyl/N-ethyl adjacent to an activating group) is 1. The third-order valence-electron chi connectivity index (χ3n) is 5.62. The summed E-state index contributed by atoms with van der Waals surface area (Å²) in [7, 11) is 0. The maximum Gasteiger partial charge on any atom is 0.344 e. The molecule has 1 amide bonds. The van der Waals surface area contributed by atoms with Crippen molar-refractivity contribution in [3.63, 3.8) is 0 Å². The molecule has 0 fully saturated rings. The van der Waals surface area contributed by atoms with Crippen LogP contribution in [0.5, 0.6) is 0 Å². The normalized spacial score (nSPS) is 11.0. The number of ether oxygens (including phenoxy) is 1. The molecule has 0 spiro atoms. The van der Waals surface area contributed by atoms with E-state index in [1.165, 1.54) is 6.20 Å². The molecule has 0 aliphatic rings. The molecule has 0 saturated heterocycles. The predicted molar refractivity (Wildman–Crippen MR) is 129 cm³/mol. The van der Waals surface area contributed by atoms with Crippen LogP contribution in [-0.2, 0) is 16.1 Å². The molecule has 0 aliphatic carbocycles. The molecule has 7 nitrogen and oxygen atoms in total. The summed E-state index contributed by atoms with van der Waals surface area (Å²) in [5.41, 5.74) is 1.47. The highest BCUT2D eigenvalue weighted by Crippen LogP contribution is 2.26. The first-order valence-electron chi connectivity index (χ1n) is 10.9. The summed E-state index contributed by atoms with van der Waals surface area (Å²) >= 11 is 0. The number of anilines is 1. The zero-order valence-corrected chi connectivity index (χ0v) is 18.9. The molecule has 0 unspecified atom stereocenters. The van der Waals surface area contributed by atoms with E-state index in [4.69, 9.17) is 4.74 Å². The molecule has 0 saturated carbocycles. The van der Waals surface area contributed by atoms with Crippen molar-refractivity contribution in [2.45, 2.75) is 27.3 Å². The van der Waals surface area contributed by atoms with Crippen LogP contribution in [-0.4, -0.2) is 34.6 Å². The molecule has 33 heavy (non-hydrogen) atoms. The van der Waals surface area contributed by atoms with Crippen LogP contribution < -0.4 is 10.3 Å². The number of amides is 1. The van der Waals surface area contributed by atoms with Gasteiger partial charge in [0.1, 0.15) is 11.2 Å². The maximum absolute atomic E-state index is 13.0. The SMILES string of the molecule is CCN(C(=O)COC(=O)c1cn(CC)c2nc(C)ccc2c1=O)c1cccc2ccccc12. The minimum Gasteiger partial charge on any atom is -0.452 e. The summed E-state index contributed by atoms with van der Waals surface area (Å²) in [6.07, 6.45) is 1.45. The van der Waals surface area contributed by atoms with E-state index in [-0.39, 0.29) is 11.5 Å². The maximum atomic E-state index is 13.0. The number of carbonyl (C=O) groups excluding carboxylic acids is 2. The van der Waals surface area contributed by atoms with Gasteiger partial charge in [-0.25, -0.2) is 9.78 Å². The number of pyridine rings is 2. The Labute approximate surface area is 191 Å². The van der Waals surface area contributed by atoms with Gasteiger partial charge in [0.15, 0.2) is 6.61 Å². The Morgan fingerprint density at radius 2 is 1.76 bits per heavy atom. The van der Waals surface area contributed by atoms with E-state index in [1.807, 2.05) is 63.2 Å². The van der Waals surface area contributed by atoms with Gasteiger partial charge in [0, 0.05) is 30.4 Å². The quantitative estimate of drug-likeness (QED) is 0.419. The Kier molecular flexibility index (Phi) is 6.22. The van der Waals surface area contributed by atoms with Crippen molar-refractivity contribution in [1.82, 2.24) is 9.55 Å². The molecule has 7 heteroatoms. The lowest BCUT2D eigenvalue weighted by Crippen LogP contribution is -2.35. The number of fused-ring (bicyclic) bond motifs is 2. The third-order valence-corrected chi connectivity index (χ3v) is 5.62. The number of carbonyl (C=O) groups is 2. The van der Waals surface area contributed by atoms with E-state index < -0.39 is 18.0 Å². The number of aromatic nitrogens is 2. The predicted octanol–water partition coefficient (Wildman–Crippen LogP) is 4.09. The molecule has 0 radical (unpaired) electrons. The average Bonchev–Trinajstić information content (AvgIpc) is 2.83. The summed E-state index contributed by atoms with van der Waals surface area (Å²) in [5, 5.41) is 2.29. The van der Waals surface area contributed by atoms with Crippen LogP contribution in [0, 0.1) is 6.92 Å². The van der Waals surface area contributed by atoms with Gasteiger partial charge in [0.2, 0.25) is 5.43 Å². The van der Waals surface area contributed by atoms with Crippen molar-refractivity contribution < 1.29 is 14.3 Å². The Hall–Kier alpha value is -4.00. The van der Waals surface area contributed by atoms with Crippen LogP contribution in [0.1, 0.15) is 29.9 Å². The van der Waals surface area contributed by atoms with Gasteiger partial charge < -0.3 is 14.2 Å². The van der Waals surface area contributed by atoms with E-state index in [9.17, 15) is 14.4 Å². The van der Waals surface area contributed by atoms with Crippen molar-refractivity contribution in [1.29, 1.82) is 0 Å². The smallest absolute Gasteiger partial charge is 0.344 e. The Morgan fingerprint density at radius 1 is 1.00 bits per heavy atom. The second kappa shape index (κ2) is 9.24. The van der Waals surface area contributed by atoms with E-state index in [0.29, 0.717) is 24.1 Å². The second-order valence-electron chi connectivity index (χ2n) is 7.69. The number of aryl methyl sites for hydroxylation is 2. The zero-order chi connectivity index (χ0) is 23.5. The second-order valence-corrected chi connectivity index (χ2v) is 7.69. The topological polar surface area (TPSA) is 81.5 Å². The number of nitrogens with zero attached hydrogens (tertiary/aromatic N) is 3. The minimum atomic E-state index is -0.827. The Bertz CT molecular complexity index is 1420. The third kappa shape index (κ3) is 4.22.